The average Bonchev–Trinajstić information content (AvgIpc) is 3.00. The summed E-state index contributed by atoms with van der Waals surface area (Å²) in [6, 6.07) is 4.64. The van der Waals surface area contributed by atoms with Gasteiger partial charge in [-0.05, 0) is 30.5 Å². The number of anilines is 1. The number of alkyl halides is 3. The molecule has 1 aromatic heterocycles. The van der Waals surface area contributed by atoms with Gasteiger partial charge in [0.2, 0.25) is 5.82 Å². The third-order valence-corrected chi connectivity index (χ3v) is 3.71. The predicted octanol–water partition coefficient (Wildman–Crippen LogP) is 3.61. The van der Waals surface area contributed by atoms with Gasteiger partial charge in [0.1, 0.15) is 0 Å². The second kappa shape index (κ2) is 3.88. The van der Waals surface area contributed by atoms with Gasteiger partial charge in [0.25, 0.3) is 0 Å². The van der Waals surface area contributed by atoms with Gasteiger partial charge in [-0.15, -0.1) is 0 Å². The van der Waals surface area contributed by atoms with Crippen LogP contribution in [0.5, 0.6) is 0 Å². The fourth-order valence-electron chi connectivity index (χ4n) is 2.64. The van der Waals surface area contributed by atoms with Crippen molar-refractivity contribution in [2.75, 3.05) is 5.73 Å². The van der Waals surface area contributed by atoms with Crippen LogP contribution < -0.4 is 5.73 Å². The van der Waals surface area contributed by atoms with Gasteiger partial charge in [0, 0.05) is 11.7 Å². The lowest BCUT2D eigenvalue weighted by atomic mass is 10.2. The maximum atomic E-state index is 13.1. The average molecular weight is 269 g/mol. The minimum absolute atomic E-state index is 0.0877. The summed E-state index contributed by atoms with van der Waals surface area (Å²) in [7, 11) is 0. The lowest BCUT2D eigenvalue weighted by Gasteiger charge is -2.11. The van der Waals surface area contributed by atoms with Gasteiger partial charge >= 0.3 is 6.18 Å². The monoisotopic (exact) mass is 269 g/mol. The quantitative estimate of drug-likeness (QED) is 0.846. The molecule has 0 bridgehead atoms. The van der Waals surface area contributed by atoms with Crippen molar-refractivity contribution in [1.82, 2.24) is 9.55 Å². The van der Waals surface area contributed by atoms with E-state index in [1.165, 1.54) is 10.6 Å². The van der Waals surface area contributed by atoms with Crippen LogP contribution in [-0.2, 0) is 6.18 Å². The maximum Gasteiger partial charge on any atom is 0.449 e. The number of nitrogen functional groups attached to an aromatic ring is 1. The van der Waals surface area contributed by atoms with E-state index in [-0.39, 0.29) is 6.04 Å². The first-order valence-corrected chi connectivity index (χ1v) is 6.26. The Morgan fingerprint density at radius 1 is 1.42 bits per heavy atom. The zero-order chi connectivity index (χ0) is 13.8. The molecule has 2 atom stereocenters. The number of nitrogens with zero attached hydrogens (tertiary/aromatic N) is 2. The smallest absolute Gasteiger partial charge is 0.399 e. The van der Waals surface area contributed by atoms with Crippen molar-refractivity contribution in [3.8, 4) is 0 Å². The maximum absolute atomic E-state index is 13.1. The fraction of sp³-hybridized carbons (Fsp3) is 0.462. The summed E-state index contributed by atoms with van der Waals surface area (Å²) in [5.74, 6) is -0.495. The largest absolute Gasteiger partial charge is 0.449 e. The Bertz CT molecular complexity index is 630. The van der Waals surface area contributed by atoms with Crippen molar-refractivity contribution in [2.45, 2.75) is 32.0 Å². The molecule has 1 saturated carbocycles. The van der Waals surface area contributed by atoms with Crippen LogP contribution in [0.4, 0.5) is 18.9 Å². The Balaban J connectivity index is 2.21. The molecule has 19 heavy (non-hydrogen) atoms. The number of nitrogens with two attached hydrogens (primary N) is 1. The third-order valence-electron chi connectivity index (χ3n) is 3.71. The van der Waals surface area contributed by atoms with E-state index in [2.05, 4.69) is 4.98 Å². The number of fused-ring (bicyclic) bond motifs is 1. The molecule has 1 aromatic carbocycles. The SMILES string of the molecule is CCC1CC1n1c(C(F)(F)F)nc2cc(N)ccc21. The van der Waals surface area contributed by atoms with Gasteiger partial charge in [-0.3, -0.25) is 0 Å². The molecular formula is C13H14F3N3. The molecule has 1 fully saturated rings. The molecule has 2 aromatic rings. The summed E-state index contributed by atoms with van der Waals surface area (Å²) < 4.78 is 40.6. The molecule has 0 amide bonds. The molecule has 2 N–H and O–H groups in total. The Morgan fingerprint density at radius 2 is 2.16 bits per heavy atom. The number of hydrogen-bond donors (Lipinski definition) is 1. The predicted molar refractivity (Wildman–Crippen MR) is 66.6 cm³/mol. The van der Waals surface area contributed by atoms with Crippen molar-refractivity contribution >= 4 is 16.7 Å². The number of imidazole rings is 1. The van der Waals surface area contributed by atoms with E-state index < -0.39 is 12.0 Å². The van der Waals surface area contributed by atoms with E-state index in [4.69, 9.17) is 5.73 Å². The Labute approximate surface area is 108 Å². The highest BCUT2D eigenvalue weighted by Gasteiger charge is 2.45. The molecule has 2 unspecified atom stereocenters. The highest BCUT2D eigenvalue weighted by atomic mass is 19.4. The van der Waals surface area contributed by atoms with Crippen molar-refractivity contribution in [2.24, 2.45) is 5.92 Å². The van der Waals surface area contributed by atoms with E-state index in [1.54, 1.807) is 12.1 Å². The van der Waals surface area contributed by atoms with Gasteiger partial charge in [0.15, 0.2) is 0 Å². The van der Waals surface area contributed by atoms with Crippen molar-refractivity contribution < 1.29 is 13.2 Å². The minimum atomic E-state index is -4.44. The van der Waals surface area contributed by atoms with Gasteiger partial charge < -0.3 is 10.3 Å². The van der Waals surface area contributed by atoms with Crippen LogP contribution in [0.15, 0.2) is 18.2 Å². The molecule has 0 aliphatic heterocycles. The zero-order valence-electron chi connectivity index (χ0n) is 10.4. The molecule has 1 aliphatic carbocycles. The number of hydrogen-bond acceptors (Lipinski definition) is 2. The van der Waals surface area contributed by atoms with Crippen molar-refractivity contribution in [3.05, 3.63) is 24.0 Å². The van der Waals surface area contributed by atoms with Crippen LogP contribution in [0, 0.1) is 5.92 Å². The van der Waals surface area contributed by atoms with Crippen LogP contribution in [0.1, 0.15) is 31.6 Å². The molecule has 102 valence electrons. The fourth-order valence-corrected chi connectivity index (χ4v) is 2.64. The first-order valence-electron chi connectivity index (χ1n) is 6.26. The van der Waals surface area contributed by atoms with Crippen LogP contribution >= 0.6 is 0 Å². The Hall–Kier alpha value is -1.72. The van der Waals surface area contributed by atoms with Crippen molar-refractivity contribution in [3.63, 3.8) is 0 Å². The number of halogens is 3. The lowest BCUT2D eigenvalue weighted by Crippen LogP contribution is -2.14. The standard InChI is InChI=1S/C13H14F3N3/c1-2-7-5-11(7)19-10-4-3-8(17)6-9(10)18-12(19)13(14,15)16/h3-4,6-7,11H,2,5,17H2,1H3. The van der Waals surface area contributed by atoms with E-state index in [9.17, 15) is 13.2 Å². The summed E-state index contributed by atoms with van der Waals surface area (Å²) in [5, 5.41) is 0. The summed E-state index contributed by atoms with van der Waals surface area (Å²) >= 11 is 0. The van der Waals surface area contributed by atoms with Crippen LogP contribution in [0.25, 0.3) is 11.0 Å². The van der Waals surface area contributed by atoms with Gasteiger partial charge in [-0.2, -0.15) is 13.2 Å². The molecule has 1 heterocycles. The Kier molecular flexibility index (Phi) is 2.52. The molecule has 1 aliphatic rings. The van der Waals surface area contributed by atoms with E-state index in [1.807, 2.05) is 6.92 Å². The van der Waals surface area contributed by atoms with Crippen LogP contribution in [-0.4, -0.2) is 9.55 Å². The lowest BCUT2D eigenvalue weighted by molar-refractivity contribution is -0.147. The van der Waals surface area contributed by atoms with Gasteiger partial charge in [-0.25, -0.2) is 4.98 Å². The second-order valence-corrected chi connectivity index (χ2v) is 5.02. The van der Waals surface area contributed by atoms with E-state index in [0.717, 1.165) is 12.8 Å². The molecule has 0 saturated heterocycles. The van der Waals surface area contributed by atoms with Crippen molar-refractivity contribution in [1.29, 1.82) is 0 Å². The molecule has 0 spiro atoms. The van der Waals surface area contributed by atoms with E-state index in [0.29, 0.717) is 22.6 Å². The van der Waals surface area contributed by atoms with Crippen LogP contribution in [0.2, 0.25) is 0 Å². The molecule has 3 rings (SSSR count). The summed E-state index contributed by atoms with van der Waals surface area (Å²) in [6.07, 6.45) is -2.76. The molecule has 0 radical (unpaired) electrons. The second-order valence-electron chi connectivity index (χ2n) is 5.02. The molecule has 6 heteroatoms. The first-order chi connectivity index (χ1) is 8.91. The topological polar surface area (TPSA) is 43.8 Å². The summed E-state index contributed by atoms with van der Waals surface area (Å²) in [6.45, 7) is 2.00. The number of aromatic nitrogens is 2. The zero-order valence-corrected chi connectivity index (χ0v) is 10.4. The van der Waals surface area contributed by atoms with E-state index >= 15 is 0 Å². The number of benzene rings is 1. The normalized spacial score (nSPS) is 22.9. The first kappa shape index (κ1) is 12.3. The third kappa shape index (κ3) is 1.95. The summed E-state index contributed by atoms with van der Waals surface area (Å²) in [4.78, 5) is 3.73. The molecular weight excluding hydrogens is 255 g/mol. The van der Waals surface area contributed by atoms with Gasteiger partial charge in [-0.1, -0.05) is 13.3 Å². The summed E-state index contributed by atoms with van der Waals surface area (Å²) in [5.41, 5.74) is 6.86. The Morgan fingerprint density at radius 3 is 2.74 bits per heavy atom. The number of rotatable bonds is 2. The molecule has 3 nitrogen and oxygen atoms in total. The minimum Gasteiger partial charge on any atom is -0.399 e. The highest BCUT2D eigenvalue weighted by molar-refractivity contribution is 5.80. The van der Waals surface area contributed by atoms with Gasteiger partial charge in [0.05, 0.1) is 11.0 Å². The highest BCUT2D eigenvalue weighted by Crippen LogP contribution is 2.49. The van der Waals surface area contributed by atoms with Crippen LogP contribution in [0.3, 0.4) is 0 Å².